The zero-order chi connectivity index (χ0) is 10.6. The highest BCUT2D eigenvalue weighted by molar-refractivity contribution is 5.78. The maximum atomic E-state index is 10.9. The van der Waals surface area contributed by atoms with Crippen LogP contribution in [0.1, 0.15) is 23.6 Å². The molecule has 0 aliphatic carbocycles. The van der Waals surface area contributed by atoms with E-state index in [0.717, 1.165) is 16.7 Å². The third-order valence-electron chi connectivity index (χ3n) is 1.93. The molecule has 0 saturated heterocycles. The second-order valence-electron chi connectivity index (χ2n) is 3.35. The van der Waals surface area contributed by atoms with E-state index in [0.29, 0.717) is 6.42 Å². The molecule has 3 heteroatoms. The molecule has 0 amide bonds. The van der Waals surface area contributed by atoms with Crippen molar-refractivity contribution in [2.24, 2.45) is 0 Å². The van der Waals surface area contributed by atoms with Crippen molar-refractivity contribution in [2.75, 3.05) is 0 Å². The van der Waals surface area contributed by atoms with Gasteiger partial charge in [0.05, 0.1) is 13.2 Å². The first-order valence-electron chi connectivity index (χ1n) is 4.48. The van der Waals surface area contributed by atoms with Crippen molar-refractivity contribution in [3.05, 3.63) is 34.9 Å². The van der Waals surface area contributed by atoms with Gasteiger partial charge in [-0.3, -0.25) is 4.79 Å². The maximum Gasteiger partial charge on any atom is 0.134 e. The van der Waals surface area contributed by atoms with Gasteiger partial charge in [0.1, 0.15) is 5.78 Å². The molecule has 0 aliphatic rings. The van der Waals surface area contributed by atoms with Gasteiger partial charge in [0.2, 0.25) is 0 Å². The number of aliphatic hydroxyl groups is 2. The van der Waals surface area contributed by atoms with Crippen LogP contribution in [0.3, 0.4) is 0 Å². The summed E-state index contributed by atoms with van der Waals surface area (Å²) in [6.07, 6.45) is 0.348. The molecule has 0 aliphatic heterocycles. The Kier molecular flexibility index (Phi) is 3.80. The summed E-state index contributed by atoms with van der Waals surface area (Å²) in [5.74, 6) is 0.0731. The van der Waals surface area contributed by atoms with E-state index in [4.69, 9.17) is 10.2 Å². The second-order valence-corrected chi connectivity index (χ2v) is 3.35. The van der Waals surface area contributed by atoms with E-state index in [2.05, 4.69) is 0 Å². The van der Waals surface area contributed by atoms with Crippen LogP contribution in [0.15, 0.2) is 18.2 Å². The van der Waals surface area contributed by atoms with Crippen LogP contribution in [0, 0.1) is 0 Å². The lowest BCUT2D eigenvalue weighted by atomic mass is 10.0. The van der Waals surface area contributed by atoms with Gasteiger partial charge in [0.15, 0.2) is 0 Å². The monoisotopic (exact) mass is 194 g/mol. The van der Waals surface area contributed by atoms with Gasteiger partial charge < -0.3 is 10.2 Å². The van der Waals surface area contributed by atoms with Gasteiger partial charge in [0.25, 0.3) is 0 Å². The fourth-order valence-corrected chi connectivity index (χ4v) is 1.41. The van der Waals surface area contributed by atoms with Gasteiger partial charge in [-0.15, -0.1) is 0 Å². The van der Waals surface area contributed by atoms with E-state index in [9.17, 15) is 4.79 Å². The van der Waals surface area contributed by atoms with Crippen molar-refractivity contribution in [2.45, 2.75) is 26.6 Å². The number of aliphatic hydroxyl groups excluding tert-OH is 2. The number of carbonyl (C=O) groups is 1. The highest BCUT2D eigenvalue weighted by Gasteiger charge is 2.02. The van der Waals surface area contributed by atoms with Crippen LogP contribution in [0.2, 0.25) is 0 Å². The molecule has 0 spiro atoms. The molecule has 14 heavy (non-hydrogen) atoms. The van der Waals surface area contributed by atoms with E-state index < -0.39 is 0 Å². The molecular weight excluding hydrogens is 180 g/mol. The fourth-order valence-electron chi connectivity index (χ4n) is 1.41. The number of ketones is 1. The van der Waals surface area contributed by atoms with E-state index in [1.165, 1.54) is 6.92 Å². The van der Waals surface area contributed by atoms with Crippen molar-refractivity contribution in [1.29, 1.82) is 0 Å². The summed E-state index contributed by atoms with van der Waals surface area (Å²) in [7, 11) is 0. The van der Waals surface area contributed by atoms with Crippen molar-refractivity contribution in [3.8, 4) is 0 Å². The second kappa shape index (κ2) is 4.88. The Morgan fingerprint density at radius 1 is 1.07 bits per heavy atom. The Labute approximate surface area is 83.0 Å². The molecule has 0 bridgehead atoms. The van der Waals surface area contributed by atoms with E-state index in [1.54, 1.807) is 18.2 Å². The van der Waals surface area contributed by atoms with Crippen molar-refractivity contribution in [1.82, 2.24) is 0 Å². The highest BCUT2D eigenvalue weighted by Crippen LogP contribution is 2.11. The van der Waals surface area contributed by atoms with Crippen LogP contribution in [0.25, 0.3) is 0 Å². The Morgan fingerprint density at radius 2 is 1.50 bits per heavy atom. The minimum Gasteiger partial charge on any atom is -0.392 e. The number of carbonyl (C=O) groups excluding carboxylic acids is 1. The Bertz CT molecular complexity index is 309. The quantitative estimate of drug-likeness (QED) is 0.745. The van der Waals surface area contributed by atoms with Gasteiger partial charge in [-0.25, -0.2) is 0 Å². The van der Waals surface area contributed by atoms with Crippen molar-refractivity contribution in [3.63, 3.8) is 0 Å². The van der Waals surface area contributed by atoms with E-state index in [1.807, 2.05) is 0 Å². The van der Waals surface area contributed by atoms with Crippen LogP contribution in [0.5, 0.6) is 0 Å². The largest absolute Gasteiger partial charge is 0.392 e. The first kappa shape index (κ1) is 10.9. The molecule has 1 rings (SSSR count). The third kappa shape index (κ3) is 2.94. The Hall–Kier alpha value is -1.19. The summed E-state index contributed by atoms with van der Waals surface area (Å²) in [6.45, 7) is 1.38. The van der Waals surface area contributed by atoms with Crippen LogP contribution in [-0.4, -0.2) is 16.0 Å². The van der Waals surface area contributed by atoms with Gasteiger partial charge in [0, 0.05) is 6.42 Å². The molecule has 0 atom stereocenters. The highest BCUT2D eigenvalue weighted by atomic mass is 16.3. The normalized spacial score (nSPS) is 10.2. The lowest BCUT2D eigenvalue weighted by Gasteiger charge is -2.05. The summed E-state index contributed by atoms with van der Waals surface area (Å²) < 4.78 is 0. The fraction of sp³-hybridized carbons (Fsp3) is 0.364. The Balaban J connectivity index is 2.98. The topological polar surface area (TPSA) is 57.5 Å². The minimum absolute atomic E-state index is 0.0707. The summed E-state index contributed by atoms with van der Waals surface area (Å²) >= 11 is 0. The SMILES string of the molecule is CC(=O)Cc1cc(CO)cc(CO)c1. The average molecular weight is 194 g/mol. The summed E-state index contributed by atoms with van der Waals surface area (Å²) in [5.41, 5.74) is 2.30. The van der Waals surface area contributed by atoms with Gasteiger partial charge in [-0.05, 0) is 23.6 Å². The van der Waals surface area contributed by atoms with Crippen LogP contribution >= 0.6 is 0 Å². The number of hydrogen-bond donors (Lipinski definition) is 2. The van der Waals surface area contributed by atoms with Crippen LogP contribution < -0.4 is 0 Å². The molecule has 2 N–H and O–H groups in total. The first-order chi connectivity index (χ1) is 6.65. The average Bonchev–Trinajstić information content (AvgIpc) is 2.16. The number of rotatable bonds is 4. The summed E-state index contributed by atoms with van der Waals surface area (Å²) in [4.78, 5) is 10.9. The number of benzene rings is 1. The number of hydrogen-bond acceptors (Lipinski definition) is 3. The van der Waals surface area contributed by atoms with E-state index in [-0.39, 0.29) is 19.0 Å². The molecule has 3 nitrogen and oxygen atoms in total. The first-order valence-corrected chi connectivity index (χ1v) is 4.48. The third-order valence-corrected chi connectivity index (χ3v) is 1.93. The summed E-state index contributed by atoms with van der Waals surface area (Å²) in [5, 5.41) is 17.9. The van der Waals surface area contributed by atoms with Crippen LogP contribution in [-0.2, 0) is 24.4 Å². The summed E-state index contributed by atoms with van der Waals surface area (Å²) in [6, 6.07) is 5.28. The minimum atomic E-state index is -0.0707. The van der Waals surface area contributed by atoms with Gasteiger partial charge >= 0.3 is 0 Å². The van der Waals surface area contributed by atoms with Gasteiger partial charge in [-0.1, -0.05) is 18.2 Å². The molecule has 0 heterocycles. The Morgan fingerprint density at radius 3 is 1.86 bits per heavy atom. The molecule has 76 valence electrons. The molecular formula is C11H14O3. The molecule has 0 fully saturated rings. The smallest absolute Gasteiger partial charge is 0.134 e. The zero-order valence-corrected chi connectivity index (χ0v) is 8.16. The molecule has 0 saturated carbocycles. The lowest BCUT2D eigenvalue weighted by Crippen LogP contribution is -1.99. The number of Topliss-reactive ketones (excluding diaryl/α,β-unsaturated/α-hetero) is 1. The standard InChI is InChI=1S/C11H14O3/c1-8(14)2-9-3-10(6-12)5-11(4-9)7-13/h3-5,12-13H,2,6-7H2,1H3. The molecule has 1 aromatic carbocycles. The predicted molar refractivity (Wildman–Crippen MR) is 52.7 cm³/mol. The van der Waals surface area contributed by atoms with Crippen molar-refractivity contribution < 1.29 is 15.0 Å². The molecule has 1 aromatic rings. The van der Waals surface area contributed by atoms with E-state index >= 15 is 0 Å². The molecule has 0 aromatic heterocycles. The van der Waals surface area contributed by atoms with Crippen LogP contribution in [0.4, 0.5) is 0 Å². The predicted octanol–water partition coefficient (Wildman–Crippen LogP) is 0.803. The lowest BCUT2D eigenvalue weighted by molar-refractivity contribution is -0.116. The molecule has 0 unspecified atom stereocenters. The van der Waals surface area contributed by atoms with Gasteiger partial charge in [-0.2, -0.15) is 0 Å². The maximum absolute atomic E-state index is 10.9. The zero-order valence-electron chi connectivity index (χ0n) is 8.16. The molecule has 0 radical (unpaired) electrons. The van der Waals surface area contributed by atoms with Crippen molar-refractivity contribution >= 4 is 5.78 Å².